The number of fused-ring (bicyclic) bond motifs is 1. The Morgan fingerprint density at radius 1 is 1.35 bits per heavy atom. The molecule has 4 rings (SSSR count). The molecule has 0 spiro atoms. The summed E-state index contributed by atoms with van der Waals surface area (Å²) >= 11 is 7.54. The van der Waals surface area contributed by atoms with Gasteiger partial charge < -0.3 is 20.5 Å². The van der Waals surface area contributed by atoms with E-state index in [9.17, 15) is 22.8 Å². The summed E-state index contributed by atoms with van der Waals surface area (Å²) in [4.78, 5) is 47.4. The number of carbonyl (C=O) groups excluding carboxylic acids is 2. The normalized spacial score (nSPS) is 16.0. The second kappa shape index (κ2) is 13.1. The number of anilines is 1. The van der Waals surface area contributed by atoms with E-state index in [1.807, 2.05) is 29.2 Å². The van der Waals surface area contributed by atoms with E-state index < -0.39 is 24.2 Å². The Labute approximate surface area is 235 Å². The van der Waals surface area contributed by atoms with Crippen molar-refractivity contribution >= 4 is 57.5 Å². The van der Waals surface area contributed by atoms with Crippen molar-refractivity contribution in [2.75, 3.05) is 25.9 Å². The minimum Gasteiger partial charge on any atom is -0.475 e. The number of amides is 1. The Morgan fingerprint density at radius 2 is 2.05 bits per heavy atom. The quantitative estimate of drug-likeness (QED) is 0.290. The summed E-state index contributed by atoms with van der Waals surface area (Å²) in [7, 11) is 1.34. The van der Waals surface area contributed by atoms with Crippen LogP contribution < -0.4 is 5.73 Å². The number of carbonyl (C=O) groups is 3. The van der Waals surface area contributed by atoms with Crippen molar-refractivity contribution in [3.8, 4) is 0 Å². The lowest BCUT2D eigenvalue weighted by molar-refractivity contribution is -0.192. The van der Waals surface area contributed by atoms with Crippen LogP contribution in [0.5, 0.6) is 0 Å². The number of nitrogens with zero attached hydrogens (tertiary/aromatic N) is 4. The molecule has 1 fully saturated rings. The average molecular weight is 600 g/mol. The highest BCUT2D eigenvalue weighted by Gasteiger charge is 2.40. The number of aromatic nitrogens is 2. The average Bonchev–Trinajstić information content (AvgIpc) is 3.49. The highest BCUT2D eigenvalue weighted by molar-refractivity contribution is 7.16. The van der Waals surface area contributed by atoms with Crippen molar-refractivity contribution in [3.05, 3.63) is 64.1 Å². The zero-order chi connectivity index (χ0) is 29.6. The number of halogens is 4. The van der Waals surface area contributed by atoms with Gasteiger partial charge in [-0.15, -0.1) is 17.9 Å². The molecule has 3 heterocycles. The summed E-state index contributed by atoms with van der Waals surface area (Å²) < 4.78 is 37.3. The van der Waals surface area contributed by atoms with Gasteiger partial charge in [-0.3, -0.25) is 14.5 Å². The number of methoxy groups -OCH3 is 1. The largest absolute Gasteiger partial charge is 0.490 e. The number of nitrogens with two attached hydrogens (primary N) is 1. The number of rotatable bonds is 8. The molecule has 1 amide bonds. The Morgan fingerprint density at radius 3 is 2.62 bits per heavy atom. The number of hydrogen-bond acceptors (Lipinski definition) is 9. The number of nitrogen functional groups attached to an aromatic ring is 1. The fourth-order valence-corrected chi connectivity index (χ4v) is 5.33. The van der Waals surface area contributed by atoms with Crippen molar-refractivity contribution in [2.45, 2.75) is 31.2 Å². The molecular weight excluding hydrogens is 575 g/mol. The van der Waals surface area contributed by atoms with Gasteiger partial charge in [0.25, 0.3) is 0 Å². The zero-order valence-corrected chi connectivity index (χ0v) is 22.7. The van der Waals surface area contributed by atoms with Crippen molar-refractivity contribution in [2.24, 2.45) is 0 Å². The van der Waals surface area contributed by atoms with Crippen LogP contribution >= 0.6 is 22.9 Å². The first-order chi connectivity index (χ1) is 18.8. The summed E-state index contributed by atoms with van der Waals surface area (Å²) in [6.07, 6.45) is -1.34. The van der Waals surface area contributed by atoms with Crippen LogP contribution in [0.4, 0.5) is 19.0 Å². The van der Waals surface area contributed by atoms with Crippen LogP contribution in [0, 0.1) is 0 Å². The maximum absolute atomic E-state index is 13.4. The van der Waals surface area contributed by atoms with Crippen molar-refractivity contribution in [1.29, 1.82) is 0 Å². The first kappa shape index (κ1) is 30.8. The Hall–Kier alpha value is -3.75. The van der Waals surface area contributed by atoms with Gasteiger partial charge in [-0.2, -0.15) is 13.2 Å². The Kier molecular flexibility index (Phi) is 10.1. The third-order valence-corrected chi connectivity index (χ3v) is 7.32. The van der Waals surface area contributed by atoms with Crippen LogP contribution in [0.15, 0.2) is 49.3 Å². The molecule has 214 valence electrons. The van der Waals surface area contributed by atoms with Gasteiger partial charge >= 0.3 is 18.1 Å². The first-order valence-corrected chi connectivity index (χ1v) is 12.8. The molecule has 0 saturated carbocycles. The molecule has 0 aliphatic carbocycles. The number of alkyl halides is 3. The summed E-state index contributed by atoms with van der Waals surface area (Å²) in [5.74, 6) is -2.79. The van der Waals surface area contributed by atoms with Crippen LogP contribution in [0.2, 0.25) is 4.34 Å². The van der Waals surface area contributed by atoms with Crippen LogP contribution in [0.1, 0.15) is 22.9 Å². The maximum atomic E-state index is 13.4. The number of aliphatic carboxylic acids is 1. The molecule has 1 saturated heterocycles. The van der Waals surface area contributed by atoms with E-state index in [1.54, 1.807) is 17.0 Å². The molecule has 40 heavy (non-hydrogen) atoms. The topological polar surface area (TPSA) is 139 Å². The molecule has 3 aromatic rings. The van der Waals surface area contributed by atoms with Crippen LogP contribution in [-0.4, -0.2) is 75.1 Å². The molecular formula is C25H25ClF3N5O5S. The lowest BCUT2D eigenvalue weighted by Gasteiger charge is -2.32. The fourth-order valence-electron chi connectivity index (χ4n) is 4.15. The van der Waals surface area contributed by atoms with Gasteiger partial charge in [-0.05, 0) is 36.2 Å². The van der Waals surface area contributed by atoms with E-state index in [0.29, 0.717) is 29.7 Å². The second-order valence-electron chi connectivity index (χ2n) is 8.55. The molecule has 1 aliphatic heterocycles. The lowest BCUT2D eigenvalue weighted by Crippen LogP contribution is -2.45. The van der Waals surface area contributed by atoms with Gasteiger partial charge in [0, 0.05) is 23.4 Å². The first-order valence-electron chi connectivity index (χ1n) is 11.6. The van der Waals surface area contributed by atoms with Crippen molar-refractivity contribution < 1.29 is 37.4 Å². The highest BCUT2D eigenvalue weighted by atomic mass is 35.5. The maximum Gasteiger partial charge on any atom is 0.490 e. The van der Waals surface area contributed by atoms with E-state index in [2.05, 4.69) is 16.5 Å². The van der Waals surface area contributed by atoms with Gasteiger partial charge in [0.05, 0.1) is 35.6 Å². The molecule has 0 radical (unpaired) electrons. The monoisotopic (exact) mass is 599 g/mol. The zero-order valence-electron chi connectivity index (χ0n) is 21.1. The summed E-state index contributed by atoms with van der Waals surface area (Å²) in [6, 6.07) is 8.59. The van der Waals surface area contributed by atoms with E-state index in [0.717, 1.165) is 21.3 Å². The predicted octanol–water partition coefficient (Wildman–Crippen LogP) is 4.06. The van der Waals surface area contributed by atoms with Gasteiger partial charge in [-0.1, -0.05) is 23.7 Å². The van der Waals surface area contributed by atoms with Crippen LogP contribution in [0.25, 0.3) is 10.9 Å². The second-order valence-corrected chi connectivity index (χ2v) is 10.3. The third kappa shape index (κ3) is 7.46. The SMILES string of the molecule is C=CC(c1ccc(Cl)s1)N(CC(=O)OC)[C@H]1CCN(Cc2ccc3c(N)ncnc3c2)C1=O.O=C(O)C(F)(F)F. The van der Waals surface area contributed by atoms with Crippen LogP contribution in [-0.2, 0) is 25.7 Å². The number of carboxylic acid groups (broad SMARTS) is 1. The molecule has 10 nitrogen and oxygen atoms in total. The number of hydrogen-bond donors (Lipinski definition) is 2. The molecule has 2 atom stereocenters. The van der Waals surface area contributed by atoms with Gasteiger partial charge in [0.15, 0.2) is 0 Å². The highest BCUT2D eigenvalue weighted by Crippen LogP contribution is 2.35. The summed E-state index contributed by atoms with van der Waals surface area (Å²) in [5.41, 5.74) is 7.59. The minimum absolute atomic E-state index is 0.0286. The summed E-state index contributed by atoms with van der Waals surface area (Å²) in [5, 5.41) is 7.90. The smallest absolute Gasteiger partial charge is 0.475 e. The van der Waals surface area contributed by atoms with Gasteiger partial charge in [0.1, 0.15) is 12.1 Å². The van der Waals surface area contributed by atoms with E-state index in [1.165, 1.54) is 24.8 Å². The summed E-state index contributed by atoms with van der Waals surface area (Å²) in [6.45, 7) is 4.92. The molecule has 1 unspecified atom stereocenters. The number of esters is 1. The number of ether oxygens (including phenoxy) is 1. The Balaban J connectivity index is 0.000000559. The lowest BCUT2D eigenvalue weighted by atomic mass is 10.1. The van der Waals surface area contributed by atoms with E-state index >= 15 is 0 Å². The van der Waals surface area contributed by atoms with E-state index in [-0.39, 0.29) is 18.5 Å². The number of carboxylic acids is 1. The molecule has 1 aromatic carbocycles. The third-order valence-electron chi connectivity index (χ3n) is 6.02. The number of thiophene rings is 1. The van der Waals surface area contributed by atoms with E-state index in [4.69, 9.17) is 32.0 Å². The van der Waals surface area contributed by atoms with Gasteiger partial charge in [-0.25, -0.2) is 14.8 Å². The number of benzene rings is 1. The number of likely N-dealkylation sites (tertiary alicyclic amines) is 1. The van der Waals surface area contributed by atoms with Crippen molar-refractivity contribution in [1.82, 2.24) is 19.8 Å². The van der Waals surface area contributed by atoms with Crippen molar-refractivity contribution in [3.63, 3.8) is 0 Å². The molecule has 1 aliphatic rings. The fraction of sp³-hybridized carbons (Fsp3) is 0.320. The standard InChI is InChI=1S/C23H24ClN5O3S.C2HF3O2/c1-3-17(19-6-7-20(24)33-19)29(12-21(30)32-2)18-8-9-28(23(18)31)11-14-4-5-15-16(10-14)26-13-27-22(15)25;3-2(4,5)1(6)7/h3-7,10,13,17-18H,1,8-9,11-12H2,2H3,(H2,25,26,27);(H,6,7)/t17?,18-;/m0./s1. The molecule has 15 heteroatoms. The van der Waals surface area contributed by atoms with Crippen LogP contribution in [0.3, 0.4) is 0 Å². The molecule has 2 aromatic heterocycles. The minimum atomic E-state index is -5.08. The molecule has 0 bridgehead atoms. The Bertz CT molecular complexity index is 1400. The molecule has 3 N–H and O–H groups in total. The predicted molar refractivity (Wildman–Crippen MR) is 142 cm³/mol. The van der Waals surface area contributed by atoms with Gasteiger partial charge in [0.2, 0.25) is 5.91 Å².